The molecule has 0 saturated heterocycles. The van der Waals surface area contributed by atoms with Crippen LogP contribution < -0.4 is 5.56 Å². The summed E-state index contributed by atoms with van der Waals surface area (Å²) in [7, 11) is 0. The van der Waals surface area contributed by atoms with Crippen molar-refractivity contribution >= 4 is 10.9 Å². The van der Waals surface area contributed by atoms with Crippen molar-refractivity contribution in [1.29, 1.82) is 0 Å². The standard InChI is InChI=1S/C22H24N2O2/c1-15-7-5-6-10-20(15)26-14-21-23-19-12-11-17(13-18(19)22(25)24-21)16-8-3-2-4-9-16/h2-4,8-9,11-13,15,20H,5-7,10,14H2,1H3,(H,23,24,25)/t15-,20+/m1/s1. The molecule has 4 nitrogen and oxygen atoms in total. The highest BCUT2D eigenvalue weighted by atomic mass is 16.5. The smallest absolute Gasteiger partial charge is 0.258 e. The van der Waals surface area contributed by atoms with Crippen molar-refractivity contribution in [3.05, 3.63) is 64.7 Å². The second kappa shape index (κ2) is 7.42. The molecule has 26 heavy (non-hydrogen) atoms. The van der Waals surface area contributed by atoms with E-state index in [1.165, 1.54) is 19.3 Å². The molecule has 0 aliphatic heterocycles. The van der Waals surface area contributed by atoms with Crippen LogP contribution in [-0.4, -0.2) is 16.1 Å². The maximum Gasteiger partial charge on any atom is 0.258 e. The zero-order chi connectivity index (χ0) is 17.9. The molecule has 1 aliphatic rings. The highest BCUT2D eigenvalue weighted by Crippen LogP contribution is 2.27. The van der Waals surface area contributed by atoms with Gasteiger partial charge in [0.25, 0.3) is 5.56 Å². The summed E-state index contributed by atoms with van der Waals surface area (Å²) in [5.41, 5.74) is 2.71. The average molecular weight is 348 g/mol. The molecule has 0 unspecified atom stereocenters. The summed E-state index contributed by atoms with van der Waals surface area (Å²) in [4.78, 5) is 20.0. The van der Waals surface area contributed by atoms with E-state index in [4.69, 9.17) is 4.74 Å². The molecular weight excluding hydrogens is 324 g/mol. The van der Waals surface area contributed by atoms with Crippen molar-refractivity contribution < 1.29 is 4.74 Å². The van der Waals surface area contributed by atoms with Crippen molar-refractivity contribution in [2.24, 2.45) is 5.92 Å². The molecule has 2 aromatic carbocycles. The first-order chi connectivity index (χ1) is 12.7. The van der Waals surface area contributed by atoms with Gasteiger partial charge in [-0.05, 0) is 42.0 Å². The first kappa shape index (κ1) is 17.0. The average Bonchev–Trinajstić information content (AvgIpc) is 2.68. The summed E-state index contributed by atoms with van der Waals surface area (Å²) < 4.78 is 6.05. The molecule has 0 spiro atoms. The second-order valence-corrected chi connectivity index (χ2v) is 7.22. The number of aromatic amines is 1. The van der Waals surface area contributed by atoms with Crippen LogP contribution in [-0.2, 0) is 11.3 Å². The zero-order valence-electron chi connectivity index (χ0n) is 15.1. The molecule has 2 atom stereocenters. The molecule has 134 valence electrons. The lowest BCUT2D eigenvalue weighted by molar-refractivity contribution is -0.0181. The van der Waals surface area contributed by atoms with E-state index in [-0.39, 0.29) is 11.7 Å². The summed E-state index contributed by atoms with van der Waals surface area (Å²) in [6.45, 7) is 2.60. The third-order valence-corrected chi connectivity index (χ3v) is 5.33. The summed E-state index contributed by atoms with van der Waals surface area (Å²) in [5.74, 6) is 1.18. The number of hydrogen-bond acceptors (Lipinski definition) is 3. The maximum absolute atomic E-state index is 12.5. The number of hydrogen-bond donors (Lipinski definition) is 1. The van der Waals surface area contributed by atoms with Gasteiger partial charge in [-0.15, -0.1) is 0 Å². The molecule has 0 radical (unpaired) electrons. The van der Waals surface area contributed by atoms with Gasteiger partial charge in [-0.25, -0.2) is 4.98 Å². The minimum Gasteiger partial charge on any atom is -0.370 e. The van der Waals surface area contributed by atoms with Gasteiger partial charge in [-0.2, -0.15) is 0 Å². The highest BCUT2D eigenvalue weighted by Gasteiger charge is 2.22. The number of H-pyrrole nitrogens is 1. The van der Waals surface area contributed by atoms with Crippen molar-refractivity contribution in [2.45, 2.75) is 45.3 Å². The first-order valence-corrected chi connectivity index (χ1v) is 9.41. The van der Waals surface area contributed by atoms with Crippen LogP contribution in [0.2, 0.25) is 0 Å². The first-order valence-electron chi connectivity index (χ1n) is 9.41. The van der Waals surface area contributed by atoms with E-state index >= 15 is 0 Å². The third kappa shape index (κ3) is 3.56. The molecule has 3 aromatic rings. The summed E-state index contributed by atoms with van der Waals surface area (Å²) >= 11 is 0. The van der Waals surface area contributed by atoms with Gasteiger partial charge < -0.3 is 9.72 Å². The number of aromatic nitrogens is 2. The lowest BCUT2D eigenvalue weighted by Crippen LogP contribution is -2.26. The predicted octanol–water partition coefficient (Wildman–Crippen LogP) is 4.69. The van der Waals surface area contributed by atoms with Crippen LogP contribution in [0, 0.1) is 5.92 Å². The van der Waals surface area contributed by atoms with Crippen molar-refractivity contribution in [3.63, 3.8) is 0 Å². The molecule has 0 bridgehead atoms. The summed E-state index contributed by atoms with van der Waals surface area (Å²) in [5, 5.41) is 0.612. The molecule has 4 heteroatoms. The quantitative estimate of drug-likeness (QED) is 0.744. The van der Waals surface area contributed by atoms with Crippen LogP contribution in [0.4, 0.5) is 0 Å². The Labute approximate surface area is 153 Å². The van der Waals surface area contributed by atoms with Gasteiger partial charge in [0.15, 0.2) is 0 Å². The fourth-order valence-electron chi connectivity index (χ4n) is 3.78. The van der Waals surface area contributed by atoms with E-state index in [9.17, 15) is 4.79 Å². The summed E-state index contributed by atoms with van der Waals surface area (Å²) in [6, 6.07) is 15.9. The lowest BCUT2D eigenvalue weighted by atomic mass is 9.88. The SMILES string of the molecule is C[C@@H]1CCCC[C@@H]1OCc1nc2ccc(-c3ccccc3)cc2c(=O)[nH]1. The van der Waals surface area contributed by atoms with Crippen LogP contribution in [0.3, 0.4) is 0 Å². The van der Waals surface area contributed by atoms with E-state index in [0.29, 0.717) is 29.3 Å². The Kier molecular flexibility index (Phi) is 4.85. The van der Waals surface area contributed by atoms with E-state index in [1.54, 1.807) is 0 Å². The van der Waals surface area contributed by atoms with E-state index in [1.807, 2.05) is 48.5 Å². The van der Waals surface area contributed by atoms with Crippen LogP contribution >= 0.6 is 0 Å². The number of benzene rings is 2. The second-order valence-electron chi connectivity index (χ2n) is 7.22. The van der Waals surface area contributed by atoms with Gasteiger partial charge in [0.05, 0.1) is 17.0 Å². The Balaban J connectivity index is 1.58. The molecule has 1 saturated carbocycles. The van der Waals surface area contributed by atoms with E-state index < -0.39 is 0 Å². The molecule has 0 amide bonds. The Bertz CT molecular complexity index is 949. The maximum atomic E-state index is 12.5. The zero-order valence-corrected chi connectivity index (χ0v) is 15.1. The summed E-state index contributed by atoms with van der Waals surface area (Å²) in [6.07, 6.45) is 5.09. The monoisotopic (exact) mass is 348 g/mol. The molecule has 1 fully saturated rings. The number of ether oxygens (including phenoxy) is 1. The van der Waals surface area contributed by atoms with Gasteiger partial charge in [0.1, 0.15) is 12.4 Å². The molecule has 1 aliphatic carbocycles. The molecule has 1 aromatic heterocycles. The Morgan fingerprint density at radius 3 is 2.69 bits per heavy atom. The van der Waals surface area contributed by atoms with Crippen LogP contribution in [0.1, 0.15) is 38.4 Å². The minimum absolute atomic E-state index is 0.108. The van der Waals surface area contributed by atoms with Gasteiger partial charge in [-0.1, -0.05) is 56.2 Å². The Morgan fingerprint density at radius 2 is 1.88 bits per heavy atom. The highest BCUT2D eigenvalue weighted by molar-refractivity contribution is 5.83. The van der Waals surface area contributed by atoms with Gasteiger partial charge >= 0.3 is 0 Å². The Morgan fingerprint density at radius 1 is 1.08 bits per heavy atom. The largest absolute Gasteiger partial charge is 0.370 e. The van der Waals surface area contributed by atoms with Gasteiger partial charge in [0, 0.05) is 0 Å². The molecular formula is C22H24N2O2. The van der Waals surface area contributed by atoms with Crippen LogP contribution in [0.25, 0.3) is 22.0 Å². The topological polar surface area (TPSA) is 55.0 Å². The van der Waals surface area contributed by atoms with Crippen LogP contribution in [0.5, 0.6) is 0 Å². The van der Waals surface area contributed by atoms with Crippen LogP contribution in [0.15, 0.2) is 53.3 Å². The van der Waals surface area contributed by atoms with Crippen molar-refractivity contribution in [1.82, 2.24) is 9.97 Å². The normalized spacial score (nSPS) is 20.3. The lowest BCUT2D eigenvalue weighted by Gasteiger charge is -2.28. The third-order valence-electron chi connectivity index (χ3n) is 5.33. The van der Waals surface area contributed by atoms with Crippen molar-refractivity contribution in [2.75, 3.05) is 0 Å². The fraction of sp³-hybridized carbons (Fsp3) is 0.364. The number of fused-ring (bicyclic) bond motifs is 1. The van der Waals surface area contributed by atoms with Crippen molar-refractivity contribution in [3.8, 4) is 11.1 Å². The molecule has 1 heterocycles. The Hall–Kier alpha value is -2.46. The number of rotatable bonds is 4. The number of nitrogens with zero attached hydrogens (tertiary/aromatic N) is 1. The molecule has 4 rings (SSSR count). The van der Waals surface area contributed by atoms with E-state index in [0.717, 1.165) is 17.5 Å². The van der Waals surface area contributed by atoms with Gasteiger partial charge in [0.2, 0.25) is 0 Å². The number of nitrogens with one attached hydrogen (secondary N) is 1. The minimum atomic E-state index is -0.108. The molecule has 1 N–H and O–H groups in total. The van der Waals surface area contributed by atoms with E-state index in [2.05, 4.69) is 16.9 Å². The fourth-order valence-corrected chi connectivity index (χ4v) is 3.78. The van der Waals surface area contributed by atoms with Gasteiger partial charge in [-0.3, -0.25) is 4.79 Å². The predicted molar refractivity (Wildman–Crippen MR) is 104 cm³/mol.